The van der Waals surface area contributed by atoms with Crippen LogP contribution in [0, 0.1) is 0 Å². The van der Waals surface area contributed by atoms with Gasteiger partial charge in [-0.25, -0.2) is 18.4 Å². The van der Waals surface area contributed by atoms with E-state index >= 15 is 0 Å². The van der Waals surface area contributed by atoms with E-state index in [1.807, 2.05) is 4.90 Å². The number of fused-ring (bicyclic) bond motifs is 2. The van der Waals surface area contributed by atoms with Crippen molar-refractivity contribution in [3.05, 3.63) is 35.5 Å². The number of anilines is 1. The van der Waals surface area contributed by atoms with Gasteiger partial charge in [0.25, 0.3) is 15.6 Å². The van der Waals surface area contributed by atoms with Crippen molar-refractivity contribution in [3.63, 3.8) is 0 Å². The number of aromatic nitrogens is 2. The zero-order valence-electron chi connectivity index (χ0n) is 20.6. The van der Waals surface area contributed by atoms with Gasteiger partial charge in [0.1, 0.15) is 4.21 Å². The van der Waals surface area contributed by atoms with Crippen LogP contribution < -0.4 is 4.90 Å². The normalized spacial score (nSPS) is 27.4. The van der Waals surface area contributed by atoms with Crippen molar-refractivity contribution >= 4 is 27.3 Å². The van der Waals surface area contributed by atoms with E-state index in [0.717, 1.165) is 11.3 Å². The minimum absolute atomic E-state index is 0.0142. The highest BCUT2D eigenvalue weighted by molar-refractivity contribution is 7.91. The summed E-state index contributed by atoms with van der Waals surface area (Å²) in [6.45, 7) is 0.658. The molecule has 3 aliphatic rings. The number of aliphatic hydroxyl groups is 2. The van der Waals surface area contributed by atoms with Crippen LogP contribution in [0.1, 0.15) is 12.0 Å². The molecule has 10 nitrogen and oxygen atoms in total. The summed E-state index contributed by atoms with van der Waals surface area (Å²) in [6.07, 6.45) is -11.9. The highest BCUT2D eigenvalue weighted by atomic mass is 32.2. The van der Waals surface area contributed by atoms with Crippen molar-refractivity contribution in [3.8, 4) is 0 Å². The number of thiophene rings is 1. The van der Waals surface area contributed by atoms with Crippen molar-refractivity contribution < 1.29 is 49.7 Å². The monoisotopic (exact) mass is 617 g/mol. The van der Waals surface area contributed by atoms with Crippen molar-refractivity contribution in [1.29, 1.82) is 0 Å². The molecule has 0 amide bonds. The fourth-order valence-corrected chi connectivity index (χ4v) is 8.05. The Bertz CT molecular complexity index is 1280. The van der Waals surface area contributed by atoms with Crippen LogP contribution >= 0.6 is 11.3 Å². The SMILES string of the molecule is O=S(=O)(c1cccs1)N1CCN(c2ncc(C(O)(C(F)(F)F)C(F)(F)F)cn2)[C@@H](CN2[C@H]3COC[C@H]2[C@@H](O)C3)C1. The fourth-order valence-electron chi connectivity index (χ4n) is 5.43. The molecule has 0 radical (unpaired) electrons. The van der Waals surface area contributed by atoms with Gasteiger partial charge in [-0.3, -0.25) is 4.90 Å². The molecule has 3 aliphatic heterocycles. The summed E-state index contributed by atoms with van der Waals surface area (Å²) in [5, 5.41) is 21.7. The number of halogens is 6. The molecule has 3 fully saturated rings. The second kappa shape index (κ2) is 10.3. The molecule has 0 aromatic carbocycles. The molecule has 0 unspecified atom stereocenters. The van der Waals surface area contributed by atoms with Gasteiger partial charge in [0.2, 0.25) is 5.95 Å². The lowest BCUT2D eigenvalue weighted by atomic mass is 9.95. The summed E-state index contributed by atoms with van der Waals surface area (Å²) < 4.78 is 113. The molecule has 4 atom stereocenters. The lowest BCUT2D eigenvalue weighted by Gasteiger charge is -2.45. The van der Waals surface area contributed by atoms with Gasteiger partial charge in [0, 0.05) is 50.2 Å². The van der Waals surface area contributed by atoms with Gasteiger partial charge in [-0.15, -0.1) is 11.3 Å². The van der Waals surface area contributed by atoms with Crippen LogP contribution in [0.4, 0.5) is 32.3 Å². The van der Waals surface area contributed by atoms with Crippen molar-refractivity contribution in [2.45, 2.75) is 52.8 Å². The first-order chi connectivity index (χ1) is 18.6. The number of rotatable bonds is 6. The third kappa shape index (κ3) is 4.96. The number of piperazine rings is 1. The van der Waals surface area contributed by atoms with Crippen LogP contribution in [-0.4, -0.2) is 114 Å². The van der Waals surface area contributed by atoms with Gasteiger partial charge in [-0.2, -0.15) is 30.6 Å². The summed E-state index contributed by atoms with van der Waals surface area (Å²) in [5.41, 5.74) is -6.77. The smallest absolute Gasteiger partial charge is 0.391 e. The Kier molecular flexibility index (Phi) is 7.59. The molecule has 2 aromatic rings. The Morgan fingerprint density at radius 2 is 1.75 bits per heavy atom. The highest BCUT2D eigenvalue weighted by Gasteiger charge is 2.71. The van der Waals surface area contributed by atoms with E-state index in [1.54, 1.807) is 11.4 Å². The Morgan fingerprint density at radius 1 is 1.07 bits per heavy atom. The number of alkyl halides is 6. The van der Waals surface area contributed by atoms with Gasteiger partial charge < -0.3 is 19.8 Å². The number of ether oxygens (including phenoxy) is 1. The Labute approximate surface area is 228 Å². The molecule has 5 heterocycles. The zero-order chi connectivity index (χ0) is 29.1. The van der Waals surface area contributed by atoms with E-state index in [0.29, 0.717) is 13.0 Å². The number of hydrogen-bond donors (Lipinski definition) is 2. The molecule has 2 aromatic heterocycles. The minimum Gasteiger partial charge on any atom is -0.391 e. The molecular weight excluding hydrogens is 592 g/mol. The van der Waals surface area contributed by atoms with Crippen molar-refractivity contribution in [2.24, 2.45) is 0 Å². The first-order valence-corrected chi connectivity index (χ1v) is 14.5. The van der Waals surface area contributed by atoms with Gasteiger partial charge in [0.05, 0.1) is 31.4 Å². The summed E-state index contributed by atoms with van der Waals surface area (Å²) in [5.74, 6) is -0.227. The number of sulfonamides is 1. The Balaban J connectivity index is 1.45. The van der Waals surface area contributed by atoms with Gasteiger partial charge in [0.15, 0.2) is 0 Å². The maximum atomic E-state index is 13.3. The van der Waals surface area contributed by atoms with Crippen LogP contribution in [0.15, 0.2) is 34.1 Å². The molecule has 2 bridgehead atoms. The number of morpholine rings is 1. The second-order valence-corrected chi connectivity index (χ2v) is 13.0. The third-order valence-corrected chi connectivity index (χ3v) is 10.8. The maximum Gasteiger partial charge on any atom is 0.430 e. The predicted molar refractivity (Wildman–Crippen MR) is 128 cm³/mol. The van der Waals surface area contributed by atoms with Crippen LogP contribution in [0.2, 0.25) is 0 Å². The van der Waals surface area contributed by atoms with Crippen molar-refractivity contribution in [2.75, 3.05) is 44.3 Å². The largest absolute Gasteiger partial charge is 0.430 e. The van der Waals surface area contributed by atoms with E-state index in [9.17, 15) is 45.0 Å². The molecule has 18 heteroatoms. The summed E-state index contributed by atoms with van der Waals surface area (Å²) in [7, 11) is -3.87. The minimum atomic E-state index is -6.09. The Hall–Kier alpha value is -2.09. The first-order valence-electron chi connectivity index (χ1n) is 12.1. The average molecular weight is 618 g/mol. The molecule has 0 spiro atoms. The van der Waals surface area contributed by atoms with Crippen LogP contribution in [0.25, 0.3) is 0 Å². The summed E-state index contributed by atoms with van der Waals surface area (Å²) in [6, 6.07) is 1.87. The zero-order valence-corrected chi connectivity index (χ0v) is 22.2. The number of aliphatic hydroxyl groups excluding tert-OH is 1. The second-order valence-electron chi connectivity index (χ2n) is 9.88. The predicted octanol–water partition coefficient (Wildman–Crippen LogP) is 1.56. The highest BCUT2D eigenvalue weighted by Crippen LogP contribution is 2.49. The number of hydrogen-bond acceptors (Lipinski definition) is 10. The lowest BCUT2D eigenvalue weighted by molar-refractivity contribution is -0.376. The van der Waals surface area contributed by atoms with E-state index in [-0.39, 0.29) is 67.4 Å². The van der Waals surface area contributed by atoms with E-state index in [4.69, 9.17) is 4.74 Å². The standard InChI is InChI=1S/C22H25F6N5O5S2/c23-21(24,25)20(35,22(26,27)28)13-7-29-19(30-8-13)32-4-3-31(40(36,37)18-2-1-5-39-18)9-15(32)10-33-14-6-17(34)16(33)12-38-11-14/h1-2,5,7-8,14-17,34-35H,3-4,6,9-12H2/t14-,15-,16+,17+/m1/s1. The lowest BCUT2D eigenvalue weighted by Crippen LogP contribution is -2.61. The fraction of sp³-hybridized carbons (Fsp3) is 0.636. The molecule has 3 saturated heterocycles. The molecule has 40 heavy (non-hydrogen) atoms. The molecule has 2 N–H and O–H groups in total. The van der Waals surface area contributed by atoms with E-state index in [1.165, 1.54) is 15.3 Å². The van der Waals surface area contributed by atoms with Gasteiger partial charge >= 0.3 is 12.4 Å². The van der Waals surface area contributed by atoms with Crippen molar-refractivity contribution in [1.82, 2.24) is 19.2 Å². The van der Waals surface area contributed by atoms with Gasteiger partial charge in [-0.1, -0.05) is 6.07 Å². The first kappa shape index (κ1) is 29.4. The quantitative estimate of drug-likeness (QED) is 0.466. The van der Waals surface area contributed by atoms with Crippen LogP contribution in [0.5, 0.6) is 0 Å². The molecule has 222 valence electrons. The van der Waals surface area contributed by atoms with E-state index in [2.05, 4.69) is 9.97 Å². The van der Waals surface area contributed by atoms with Gasteiger partial charge in [-0.05, 0) is 17.9 Å². The number of nitrogens with zero attached hydrogens (tertiary/aromatic N) is 5. The van der Waals surface area contributed by atoms with Crippen LogP contribution in [0.3, 0.4) is 0 Å². The van der Waals surface area contributed by atoms with E-state index < -0.39 is 45.7 Å². The molecule has 0 saturated carbocycles. The maximum absolute atomic E-state index is 13.3. The topological polar surface area (TPSA) is 119 Å². The Morgan fingerprint density at radius 3 is 2.33 bits per heavy atom. The molecule has 5 rings (SSSR count). The third-order valence-electron chi connectivity index (χ3n) is 7.54. The van der Waals surface area contributed by atoms with Crippen LogP contribution in [-0.2, 0) is 20.4 Å². The average Bonchev–Trinajstić information content (AvgIpc) is 3.48. The molecule has 0 aliphatic carbocycles. The molecular formula is C22H25F6N5O5S2. The summed E-state index contributed by atoms with van der Waals surface area (Å²) in [4.78, 5) is 11.0. The summed E-state index contributed by atoms with van der Waals surface area (Å²) >= 11 is 1.04.